The van der Waals surface area contributed by atoms with Crippen LogP contribution in [0.4, 0.5) is 5.82 Å². The Morgan fingerprint density at radius 2 is 2.05 bits per heavy atom. The molecule has 2 heterocycles. The maximum Gasteiger partial charge on any atom is 0.336 e. The molecule has 0 aliphatic heterocycles. The van der Waals surface area contributed by atoms with Crippen LogP contribution in [0.5, 0.6) is 0 Å². The number of rotatable bonds is 4. The van der Waals surface area contributed by atoms with E-state index in [4.69, 9.17) is 5.11 Å². The lowest BCUT2D eigenvalue weighted by atomic mass is 10.1. The van der Waals surface area contributed by atoms with E-state index in [1.807, 2.05) is 12.1 Å². The van der Waals surface area contributed by atoms with Gasteiger partial charge >= 0.3 is 5.97 Å². The van der Waals surface area contributed by atoms with Gasteiger partial charge in [-0.15, -0.1) is 0 Å². The van der Waals surface area contributed by atoms with E-state index in [2.05, 4.69) is 20.5 Å². The summed E-state index contributed by atoms with van der Waals surface area (Å²) < 4.78 is 0. The molecule has 0 saturated carbocycles. The van der Waals surface area contributed by atoms with Crippen LogP contribution in [0, 0.1) is 0 Å². The van der Waals surface area contributed by atoms with Gasteiger partial charge in [0.2, 0.25) is 0 Å². The second-order valence-electron chi connectivity index (χ2n) is 4.44. The molecule has 0 bridgehead atoms. The van der Waals surface area contributed by atoms with Gasteiger partial charge in [-0.05, 0) is 36.4 Å². The highest BCUT2D eigenvalue weighted by atomic mass is 16.4. The van der Waals surface area contributed by atoms with Crippen molar-refractivity contribution in [2.75, 3.05) is 5.32 Å². The van der Waals surface area contributed by atoms with Gasteiger partial charge in [0.1, 0.15) is 5.82 Å². The fourth-order valence-electron chi connectivity index (χ4n) is 2.05. The summed E-state index contributed by atoms with van der Waals surface area (Å²) in [5.41, 5.74) is 1.69. The maximum atomic E-state index is 11.2. The number of carbonyl (C=O) groups is 1. The van der Waals surface area contributed by atoms with E-state index in [0.29, 0.717) is 23.3 Å². The van der Waals surface area contributed by atoms with Gasteiger partial charge < -0.3 is 10.4 Å². The first-order valence-corrected chi connectivity index (χ1v) is 6.37. The van der Waals surface area contributed by atoms with E-state index < -0.39 is 5.97 Å². The quantitative estimate of drug-likeness (QED) is 0.762. The highest BCUT2D eigenvalue weighted by molar-refractivity contribution is 6.02. The van der Waals surface area contributed by atoms with Crippen molar-refractivity contribution in [1.82, 2.24) is 15.2 Å². The molecule has 3 rings (SSSR count). The number of carboxylic acid groups (broad SMARTS) is 1. The molecule has 3 aromatic rings. The van der Waals surface area contributed by atoms with E-state index >= 15 is 0 Å². The van der Waals surface area contributed by atoms with Gasteiger partial charge in [0.05, 0.1) is 23.3 Å². The normalized spacial score (nSPS) is 10.5. The molecule has 21 heavy (non-hydrogen) atoms. The number of hydrogen-bond donors (Lipinski definition) is 2. The standard InChI is InChI=1S/C15H12N4O2/c20-15(21)12-4-1-5-13-11(12)6-7-14(18-13)16-9-10-3-2-8-17-19-10/h1-8H,9H2,(H,16,18)(H,20,21). The van der Waals surface area contributed by atoms with Gasteiger partial charge in [-0.3, -0.25) is 0 Å². The monoisotopic (exact) mass is 280 g/mol. The Morgan fingerprint density at radius 1 is 1.14 bits per heavy atom. The molecule has 104 valence electrons. The average molecular weight is 280 g/mol. The summed E-state index contributed by atoms with van der Waals surface area (Å²) in [6, 6.07) is 12.2. The first-order chi connectivity index (χ1) is 10.2. The molecule has 0 saturated heterocycles. The minimum atomic E-state index is -0.956. The number of carboxylic acids is 1. The number of pyridine rings is 1. The maximum absolute atomic E-state index is 11.2. The van der Waals surface area contributed by atoms with Gasteiger partial charge in [0, 0.05) is 11.6 Å². The largest absolute Gasteiger partial charge is 0.478 e. The SMILES string of the molecule is O=C(O)c1cccc2nc(NCc3cccnn3)ccc12. The Kier molecular flexibility index (Phi) is 3.42. The number of nitrogens with one attached hydrogen (secondary N) is 1. The topological polar surface area (TPSA) is 88.0 Å². The van der Waals surface area contributed by atoms with Crippen molar-refractivity contribution in [2.24, 2.45) is 0 Å². The summed E-state index contributed by atoms with van der Waals surface area (Å²) in [5.74, 6) is -0.293. The van der Waals surface area contributed by atoms with Gasteiger partial charge in [-0.1, -0.05) is 6.07 Å². The Hall–Kier alpha value is -3.02. The summed E-state index contributed by atoms with van der Waals surface area (Å²) >= 11 is 0. The molecular weight excluding hydrogens is 268 g/mol. The van der Waals surface area contributed by atoms with Crippen LogP contribution < -0.4 is 5.32 Å². The molecule has 0 spiro atoms. The van der Waals surface area contributed by atoms with Gasteiger partial charge in [-0.25, -0.2) is 9.78 Å². The van der Waals surface area contributed by atoms with Gasteiger partial charge in [0.25, 0.3) is 0 Å². The molecule has 2 aromatic heterocycles. The highest BCUT2D eigenvalue weighted by Gasteiger charge is 2.09. The summed E-state index contributed by atoms with van der Waals surface area (Å²) in [7, 11) is 0. The third-order valence-corrected chi connectivity index (χ3v) is 3.04. The molecule has 0 atom stereocenters. The fourth-order valence-corrected chi connectivity index (χ4v) is 2.05. The molecule has 2 N–H and O–H groups in total. The van der Waals surface area contributed by atoms with Crippen LogP contribution in [0.2, 0.25) is 0 Å². The number of hydrogen-bond acceptors (Lipinski definition) is 5. The zero-order valence-corrected chi connectivity index (χ0v) is 11.0. The van der Waals surface area contributed by atoms with Crippen molar-refractivity contribution in [3.05, 3.63) is 59.9 Å². The molecular formula is C15H12N4O2. The number of aromatic carboxylic acids is 1. The van der Waals surface area contributed by atoms with E-state index in [-0.39, 0.29) is 5.56 Å². The molecule has 6 nitrogen and oxygen atoms in total. The van der Waals surface area contributed by atoms with Gasteiger partial charge in [-0.2, -0.15) is 10.2 Å². The Bertz CT molecular complexity index is 790. The fraction of sp³-hybridized carbons (Fsp3) is 0.0667. The van der Waals surface area contributed by atoms with Crippen molar-refractivity contribution in [3.8, 4) is 0 Å². The van der Waals surface area contributed by atoms with E-state index in [1.54, 1.807) is 36.5 Å². The Labute approximate surface area is 120 Å². The van der Waals surface area contributed by atoms with E-state index in [0.717, 1.165) is 5.69 Å². The van der Waals surface area contributed by atoms with E-state index in [1.165, 1.54) is 0 Å². The van der Waals surface area contributed by atoms with Gasteiger partial charge in [0.15, 0.2) is 0 Å². The average Bonchev–Trinajstić information content (AvgIpc) is 2.53. The van der Waals surface area contributed by atoms with Crippen molar-refractivity contribution in [2.45, 2.75) is 6.54 Å². The number of anilines is 1. The summed E-state index contributed by atoms with van der Waals surface area (Å²) in [6.45, 7) is 0.505. The first kappa shape index (κ1) is 13.0. The lowest BCUT2D eigenvalue weighted by Crippen LogP contribution is -2.04. The molecule has 0 unspecified atom stereocenters. The summed E-state index contributed by atoms with van der Waals surface area (Å²) in [4.78, 5) is 15.6. The minimum Gasteiger partial charge on any atom is -0.478 e. The molecule has 0 amide bonds. The summed E-state index contributed by atoms with van der Waals surface area (Å²) in [5, 5.41) is 20.7. The number of nitrogens with zero attached hydrogens (tertiary/aromatic N) is 3. The Morgan fingerprint density at radius 3 is 2.81 bits per heavy atom. The zero-order chi connectivity index (χ0) is 14.7. The van der Waals surface area contributed by atoms with Crippen LogP contribution in [-0.4, -0.2) is 26.3 Å². The van der Waals surface area contributed by atoms with Crippen LogP contribution >= 0.6 is 0 Å². The Balaban J connectivity index is 1.86. The molecule has 1 aromatic carbocycles. The predicted octanol–water partition coefficient (Wildman–Crippen LogP) is 2.34. The molecule has 0 aliphatic carbocycles. The molecule has 0 fully saturated rings. The van der Waals surface area contributed by atoms with Crippen molar-refractivity contribution in [3.63, 3.8) is 0 Å². The van der Waals surface area contributed by atoms with Crippen molar-refractivity contribution >= 4 is 22.7 Å². The highest BCUT2D eigenvalue weighted by Crippen LogP contribution is 2.19. The van der Waals surface area contributed by atoms with Crippen LogP contribution in [0.15, 0.2) is 48.7 Å². The third-order valence-electron chi connectivity index (χ3n) is 3.04. The van der Waals surface area contributed by atoms with E-state index in [9.17, 15) is 4.79 Å². The minimum absolute atomic E-state index is 0.250. The van der Waals surface area contributed by atoms with Crippen LogP contribution in [-0.2, 0) is 6.54 Å². The summed E-state index contributed by atoms with van der Waals surface area (Å²) in [6.07, 6.45) is 1.62. The molecule has 6 heteroatoms. The number of benzene rings is 1. The second-order valence-corrected chi connectivity index (χ2v) is 4.44. The lowest BCUT2D eigenvalue weighted by Gasteiger charge is -2.07. The molecule has 0 radical (unpaired) electrons. The second kappa shape index (κ2) is 5.54. The van der Waals surface area contributed by atoms with Crippen LogP contribution in [0.1, 0.15) is 16.1 Å². The number of fused-ring (bicyclic) bond motifs is 1. The van der Waals surface area contributed by atoms with Crippen LogP contribution in [0.3, 0.4) is 0 Å². The number of aromatic nitrogens is 3. The predicted molar refractivity (Wildman–Crippen MR) is 78.1 cm³/mol. The zero-order valence-electron chi connectivity index (χ0n) is 11.0. The molecule has 0 aliphatic rings. The van der Waals surface area contributed by atoms with Crippen molar-refractivity contribution < 1.29 is 9.90 Å². The lowest BCUT2D eigenvalue weighted by molar-refractivity contribution is 0.0699. The van der Waals surface area contributed by atoms with Crippen molar-refractivity contribution in [1.29, 1.82) is 0 Å². The smallest absolute Gasteiger partial charge is 0.336 e. The van der Waals surface area contributed by atoms with Crippen LogP contribution in [0.25, 0.3) is 10.9 Å². The first-order valence-electron chi connectivity index (χ1n) is 6.37. The third kappa shape index (κ3) is 2.79.